The molecule has 2 aromatic heterocycles. The Labute approximate surface area is 199 Å². The first kappa shape index (κ1) is 24.1. The van der Waals surface area contributed by atoms with Crippen molar-refractivity contribution in [1.82, 2.24) is 19.1 Å². The number of nitrogens with one attached hydrogen (secondary N) is 1. The van der Waals surface area contributed by atoms with Gasteiger partial charge in [-0.3, -0.25) is 9.40 Å². The van der Waals surface area contributed by atoms with E-state index in [-0.39, 0.29) is 38.3 Å². The van der Waals surface area contributed by atoms with E-state index in [1.54, 1.807) is 0 Å². The molecule has 15 heteroatoms. The first-order chi connectivity index (χ1) is 16.6. The van der Waals surface area contributed by atoms with Gasteiger partial charge in [-0.1, -0.05) is 0 Å². The zero-order valence-electron chi connectivity index (χ0n) is 17.2. The minimum atomic E-state index is -4.58. The molecule has 2 aromatic carbocycles. The zero-order chi connectivity index (χ0) is 25.2. The van der Waals surface area contributed by atoms with Crippen LogP contribution in [0.3, 0.4) is 0 Å². The van der Waals surface area contributed by atoms with Gasteiger partial charge in [-0.05, 0) is 42.5 Å². The van der Waals surface area contributed by atoms with Gasteiger partial charge in [-0.25, -0.2) is 17.8 Å². The highest BCUT2D eigenvalue weighted by Crippen LogP contribution is 2.36. The normalized spacial score (nSPS) is 11.7. The maximum absolute atomic E-state index is 14.0. The van der Waals surface area contributed by atoms with Gasteiger partial charge in [0, 0.05) is 23.3 Å². The molecule has 4 rings (SSSR count). The van der Waals surface area contributed by atoms with Crippen molar-refractivity contribution in [3.8, 4) is 28.8 Å². The lowest BCUT2D eigenvalue weighted by Gasteiger charge is -2.15. The average Bonchev–Trinajstić information content (AvgIpc) is 3.45. The number of sulfonamides is 1. The molecule has 0 bridgehead atoms. The van der Waals surface area contributed by atoms with Crippen LogP contribution >= 0.6 is 11.5 Å². The quantitative estimate of drug-likeness (QED) is 0.352. The van der Waals surface area contributed by atoms with Crippen LogP contribution < -0.4 is 9.46 Å². The van der Waals surface area contributed by atoms with Crippen LogP contribution in [-0.4, -0.2) is 33.7 Å². The Morgan fingerprint density at radius 1 is 1.14 bits per heavy atom. The Balaban J connectivity index is 1.69. The van der Waals surface area contributed by atoms with Gasteiger partial charge in [-0.15, -0.1) is 0 Å². The second kappa shape index (κ2) is 9.31. The smallest absolute Gasteiger partial charge is 0.408 e. The van der Waals surface area contributed by atoms with Crippen molar-refractivity contribution in [2.24, 2.45) is 0 Å². The number of anilines is 1. The number of nitriles is 1. The van der Waals surface area contributed by atoms with Gasteiger partial charge in [-0.2, -0.15) is 27.9 Å². The Bertz CT molecular complexity index is 1510. The van der Waals surface area contributed by atoms with Gasteiger partial charge >= 0.3 is 6.18 Å². The standard InChI is InChI=1S/C20H12F4N6O3S2/c21-13-1-3-18(15(8-13)16-5-6-27-30(16)10-20(22,23)24)33-17-4-2-14(7-12(17)9-25)35(31,32)29-19-26-11-28-34-19/h1-8,11H,10H2,(H,26,28,29). The molecule has 2 heterocycles. The number of ether oxygens (including phenoxy) is 1. The summed E-state index contributed by atoms with van der Waals surface area (Å²) >= 11 is 0.816. The predicted octanol–water partition coefficient (Wildman–Crippen LogP) is 4.57. The molecule has 0 saturated heterocycles. The van der Waals surface area contributed by atoms with Crippen molar-refractivity contribution in [1.29, 1.82) is 5.26 Å². The third-order valence-electron chi connectivity index (χ3n) is 4.45. The third-order valence-corrected chi connectivity index (χ3v) is 6.49. The third kappa shape index (κ3) is 5.55. The molecule has 0 fully saturated rings. The van der Waals surface area contributed by atoms with Crippen LogP contribution in [0.2, 0.25) is 0 Å². The largest absolute Gasteiger partial charge is 0.455 e. The SMILES string of the molecule is N#Cc1cc(S(=O)(=O)Nc2ncns2)ccc1Oc1ccc(F)cc1-c1ccnn1CC(F)(F)F. The fourth-order valence-corrected chi connectivity index (χ4v) is 4.70. The maximum atomic E-state index is 14.0. The van der Waals surface area contributed by atoms with Crippen LogP contribution in [0.5, 0.6) is 11.5 Å². The summed E-state index contributed by atoms with van der Waals surface area (Å²) in [7, 11) is -4.09. The van der Waals surface area contributed by atoms with Crippen LogP contribution in [0.25, 0.3) is 11.3 Å². The van der Waals surface area contributed by atoms with Crippen LogP contribution in [0, 0.1) is 17.1 Å². The van der Waals surface area contributed by atoms with Gasteiger partial charge in [0.05, 0.1) is 16.2 Å². The summed E-state index contributed by atoms with van der Waals surface area (Å²) in [6.45, 7) is -1.41. The van der Waals surface area contributed by atoms with Crippen molar-refractivity contribution in [3.05, 3.63) is 66.4 Å². The van der Waals surface area contributed by atoms with E-state index in [1.165, 1.54) is 24.5 Å². The molecule has 0 radical (unpaired) electrons. The van der Waals surface area contributed by atoms with E-state index in [0.717, 1.165) is 42.0 Å². The van der Waals surface area contributed by atoms with E-state index < -0.39 is 28.6 Å². The minimum absolute atomic E-state index is 0.0234. The number of halogens is 4. The van der Waals surface area contributed by atoms with E-state index in [1.807, 2.05) is 6.07 Å². The van der Waals surface area contributed by atoms with Gasteiger partial charge in [0.15, 0.2) is 0 Å². The molecular formula is C20H12F4N6O3S2. The summed E-state index contributed by atoms with van der Waals surface area (Å²) in [6.07, 6.45) is -2.28. The minimum Gasteiger partial charge on any atom is -0.455 e. The Hall–Kier alpha value is -4.03. The fraction of sp³-hybridized carbons (Fsp3) is 0.100. The lowest BCUT2D eigenvalue weighted by atomic mass is 10.1. The number of aromatic nitrogens is 4. The molecule has 35 heavy (non-hydrogen) atoms. The van der Waals surface area contributed by atoms with Crippen molar-refractivity contribution in [2.45, 2.75) is 17.6 Å². The van der Waals surface area contributed by atoms with Crippen molar-refractivity contribution in [2.75, 3.05) is 4.72 Å². The second-order valence-corrected chi connectivity index (χ2v) is 9.32. The van der Waals surface area contributed by atoms with Gasteiger partial charge in [0.2, 0.25) is 5.13 Å². The van der Waals surface area contributed by atoms with Gasteiger partial charge < -0.3 is 4.74 Å². The first-order valence-corrected chi connectivity index (χ1v) is 11.7. The van der Waals surface area contributed by atoms with Gasteiger partial charge in [0.1, 0.15) is 36.3 Å². The number of benzene rings is 2. The molecule has 0 unspecified atom stereocenters. The summed E-state index contributed by atoms with van der Waals surface area (Å²) in [6, 6.07) is 9.66. The first-order valence-electron chi connectivity index (χ1n) is 9.46. The van der Waals surface area contributed by atoms with Crippen molar-refractivity contribution >= 4 is 26.7 Å². The topological polar surface area (TPSA) is 123 Å². The monoisotopic (exact) mass is 524 g/mol. The molecule has 0 spiro atoms. The molecule has 0 aliphatic carbocycles. The van der Waals surface area contributed by atoms with E-state index in [4.69, 9.17) is 4.74 Å². The molecule has 0 saturated carbocycles. The lowest BCUT2D eigenvalue weighted by Crippen LogP contribution is -2.19. The highest BCUT2D eigenvalue weighted by molar-refractivity contribution is 7.93. The van der Waals surface area contributed by atoms with Crippen LogP contribution in [-0.2, 0) is 16.6 Å². The van der Waals surface area contributed by atoms with Crippen molar-refractivity contribution in [3.63, 3.8) is 0 Å². The number of hydrogen-bond acceptors (Lipinski definition) is 8. The summed E-state index contributed by atoms with van der Waals surface area (Å²) in [5.41, 5.74) is -0.315. The molecule has 9 nitrogen and oxygen atoms in total. The van der Waals surface area contributed by atoms with Gasteiger partial charge in [0.25, 0.3) is 10.0 Å². The number of hydrogen-bond donors (Lipinski definition) is 1. The Kier molecular flexibility index (Phi) is 6.41. The summed E-state index contributed by atoms with van der Waals surface area (Å²) in [5.74, 6) is -0.914. The van der Waals surface area contributed by atoms with Crippen LogP contribution in [0.15, 0.2) is 59.9 Å². The lowest BCUT2D eigenvalue weighted by molar-refractivity contribution is -0.142. The summed E-state index contributed by atoms with van der Waals surface area (Å²) < 4.78 is 90.2. The molecule has 180 valence electrons. The van der Waals surface area contributed by atoms with Crippen LogP contribution in [0.4, 0.5) is 22.7 Å². The predicted molar refractivity (Wildman–Crippen MR) is 116 cm³/mol. The van der Waals surface area contributed by atoms with E-state index in [2.05, 4.69) is 19.2 Å². The molecule has 1 N–H and O–H groups in total. The van der Waals surface area contributed by atoms with Crippen LogP contribution in [0.1, 0.15) is 5.56 Å². The second-order valence-electron chi connectivity index (χ2n) is 6.85. The van der Waals surface area contributed by atoms with E-state index in [9.17, 15) is 31.2 Å². The molecule has 4 aromatic rings. The highest BCUT2D eigenvalue weighted by atomic mass is 32.2. The van der Waals surface area contributed by atoms with E-state index in [0.29, 0.717) is 4.68 Å². The number of nitrogens with zero attached hydrogens (tertiary/aromatic N) is 5. The molecular weight excluding hydrogens is 512 g/mol. The number of alkyl halides is 3. The summed E-state index contributed by atoms with van der Waals surface area (Å²) in [4.78, 5) is 3.47. The highest BCUT2D eigenvalue weighted by Gasteiger charge is 2.30. The molecule has 0 aliphatic heterocycles. The Morgan fingerprint density at radius 3 is 2.60 bits per heavy atom. The molecule has 0 aliphatic rings. The molecule has 0 atom stereocenters. The van der Waals surface area contributed by atoms with E-state index >= 15 is 0 Å². The zero-order valence-corrected chi connectivity index (χ0v) is 18.8. The maximum Gasteiger partial charge on any atom is 0.408 e. The number of rotatable bonds is 7. The average molecular weight is 524 g/mol. The fourth-order valence-electron chi connectivity index (χ4n) is 3.01. The van der Waals surface area contributed by atoms with Crippen molar-refractivity contribution < 1.29 is 30.7 Å². The molecule has 0 amide bonds. The summed E-state index contributed by atoms with van der Waals surface area (Å²) in [5, 5.41) is 13.2. The Morgan fingerprint density at radius 2 is 1.91 bits per heavy atom.